The third-order valence-corrected chi connectivity index (χ3v) is 4.81. The molecule has 112 valence electrons. The first-order valence-electron chi connectivity index (χ1n) is 7.46. The zero-order valence-electron chi connectivity index (χ0n) is 12.4. The molecule has 1 aromatic rings. The van der Waals surface area contributed by atoms with E-state index in [0.29, 0.717) is 12.0 Å². The Kier molecular flexibility index (Phi) is 5.70. The lowest BCUT2D eigenvalue weighted by atomic mass is 10.0. The van der Waals surface area contributed by atoms with Crippen LogP contribution in [0, 0.1) is 5.92 Å². The number of hydrogen-bond donors (Lipinski definition) is 1. The molecule has 0 heterocycles. The van der Waals surface area contributed by atoms with Crippen molar-refractivity contribution in [2.24, 2.45) is 11.7 Å². The third kappa shape index (κ3) is 3.27. The molecule has 4 heteroatoms. The van der Waals surface area contributed by atoms with E-state index >= 15 is 0 Å². The highest BCUT2D eigenvalue weighted by Gasteiger charge is 2.31. The lowest BCUT2D eigenvalue weighted by Crippen LogP contribution is -2.39. The standard InChI is InChI=1S/C16H25ClN2O/c1-3-19(15-8-4-6-12(15)10-18)11-13-14(17)7-5-9-16(13)20-2/h5,7,9,12,15H,3-4,6,8,10-11,18H2,1-2H3. The maximum Gasteiger partial charge on any atom is 0.124 e. The summed E-state index contributed by atoms with van der Waals surface area (Å²) in [5, 5.41) is 0.782. The first kappa shape index (κ1) is 15.6. The van der Waals surface area contributed by atoms with Crippen LogP contribution < -0.4 is 10.5 Å². The van der Waals surface area contributed by atoms with Crippen molar-refractivity contribution in [2.45, 2.75) is 38.8 Å². The summed E-state index contributed by atoms with van der Waals surface area (Å²) in [5.41, 5.74) is 7.00. The lowest BCUT2D eigenvalue weighted by molar-refractivity contribution is 0.160. The van der Waals surface area contributed by atoms with E-state index in [1.54, 1.807) is 7.11 Å². The highest BCUT2D eigenvalue weighted by molar-refractivity contribution is 6.31. The molecule has 1 saturated carbocycles. The summed E-state index contributed by atoms with van der Waals surface area (Å²) in [7, 11) is 1.70. The van der Waals surface area contributed by atoms with Crippen LogP contribution in [0.2, 0.25) is 5.02 Å². The highest BCUT2D eigenvalue weighted by Crippen LogP contribution is 2.33. The molecule has 20 heavy (non-hydrogen) atoms. The number of methoxy groups -OCH3 is 1. The van der Waals surface area contributed by atoms with E-state index in [2.05, 4.69) is 11.8 Å². The SMILES string of the molecule is CCN(Cc1c(Cl)cccc1OC)C1CCCC1CN. The summed E-state index contributed by atoms with van der Waals surface area (Å²) >= 11 is 6.35. The molecule has 1 fully saturated rings. The number of ether oxygens (including phenoxy) is 1. The van der Waals surface area contributed by atoms with Crippen molar-refractivity contribution in [3.8, 4) is 5.75 Å². The predicted molar refractivity (Wildman–Crippen MR) is 84.3 cm³/mol. The molecule has 0 amide bonds. The Morgan fingerprint density at radius 2 is 2.20 bits per heavy atom. The van der Waals surface area contributed by atoms with E-state index in [1.807, 2.05) is 18.2 Å². The summed E-state index contributed by atoms with van der Waals surface area (Å²) in [4.78, 5) is 2.49. The average molecular weight is 297 g/mol. The Hall–Kier alpha value is -0.770. The van der Waals surface area contributed by atoms with Gasteiger partial charge >= 0.3 is 0 Å². The van der Waals surface area contributed by atoms with E-state index in [0.717, 1.165) is 36.0 Å². The normalized spacial score (nSPS) is 22.4. The Morgan fingerprint density at radius 3 is 2.85 bits per heavy atom. The number of nitrogens with two attached hydrogens (primary N) is 1. The number of hydrogen-bond acceptors (Lipinski definition) is 3. The summed E-state index contributed by atoms with van der Waals surface area (Å²) in [5.74, 6) is 1.49. The minimum atomic E-state index is 0.575. The van der Waals surface area contributed by atoms with Crippen LogP contribution in [0.25, 0.3) is 0 Å². The van der Waals surface area contributed by atoms with Gasteiger partial charge in [0.25, 0.3) is 0 Å². The van der Waals surface area contributed by atoms with Gasteiger partial charge in [-0.2, -0.15) is 0 Å². The molecule has 0 aliphatic heterocycles. The first-order valence-corrected chi connectivity index (χ1v) is 7.84. The Bertz CT molecular complexity index is 438. The maximum absolute atomic E-state index is 6.35. The van der Waals surface area contributed by atoms with E-state index in [1.165, 1.54) is 19.3 Å². The minimum Gasteiger partial charge on any atom is -0.496 e. The van der Waals surface area contributed by atoms with Crippen LogP contribution in [0.4, 0.5) is 0 Å². The number of nitrogens with zero attached hydrogens (tertiary/aromatic N) is 1. The van der Waals surface area contributed by atoms with Crippen LogP contribution in [0.1, 0.15) is 31.7 Å². The van der Waals surface area contributed by atoms with Crippen LogP contribution >= 0.6 is 11.6 Å². The monoisotopic (exact) mass is 296 g/mol. The van der Waals surface area contributed by atoms with Gasteiger partial charge in [-0.1, -0.05) is 31.0 Å². The van der Waals surface area contributed by atoms with Gasteiger partial charge in [0.2, 0.25) is 0 Å². The van der Waals surface area contributed by atoms with Gasteiger partial charge in [0.1, 0.15) is 5.75 Å². The van der Waals surface area contributed by atoms with E-state index in [-0.39, 0.29) is 0 Å². The molecule has 1 aromatic carbocycles. The molecule has 0 spiro atoms. The first-order chi connectivity index (χ1) is 9.71. The summed E-state index contributed by atoms with van der Waals surface area (Å²) in [6.45, 7) is 4.83. The fourth-order valence-electron chi connectivity index (χ4n) is 3.32. The van der Waals surface area contributed by atoms with Crippen molar-refractivity contribution < 1.29 is 4.74 Å². The van der Waals surface area contributed by atoms with Crippen LogP contribution in [-0.2, 0) is 6.54 Å². The van der Waals surface area contributed by atoms with Crippen molar-refractivity contribution in [1.82, 2.24) is 4.90 Å². The molecular formula is C16H25ClN2O. The van der Waals surface area contributed by atoms with Gasteiger partial charge in [-0.05, 0) is 44.0 Å². The third-order valence-electron chi connectivity index (χ3n) is 4.45. The molecule has 0 saturated heterocycles. The smallest absolute Gasteiger partial charge is 0.124 e. The van der Waals surface area contributed by atoms with Crippen LogP contribution in [0.5, 0.6) is 5.75 Å². The quantitative estimate of drug-likeness (QED) is 0.875. The van der Waals surface area contributed by atoms with Crippen molar-refractivity contribution in [2.75, 3.05) is 20.2 Å². The lowest BCUT2D eigenvalue weighted by Gasteiger charge is -2.32. The number of rotatable bonds is 6. The maximum atomic E-state index is 6.35. The average Bonchev–Trinajstić information content (AvgIpc) is 2.94. The minimum absolute atomic E-state index is 0.575. The van der Waals surface area contributed by atoms with Gasteiger partial charge in [-0.15, -0.1) is 0 Å². The molecular weight excluding hydrogens is 272 g/mol. The molecule has 3 nitrogen and oxygen atoms in total. The van der Waals surface area contributed by atoms with Gasteiger partial charge in [0.05, 0.1) is 7.11 Å². The van der Waals surface area contributed by atoms with Crippen LogP contribution in [-0.4, -0.2) is 31.1 Å². The highest BCUT2D eigenvalue weighted by atomic mass is 35.5. The number of benzene rings is 1. The van der Waals surface area contributed by atoms with Crippen LogP contribution in [0.15, 0.2) is 18.2 Å². The predicted octanol–water partition coefficient (Wildman–Crippen LogP) is 3.30. The summed E-state index contributed by atoms with van der Waals surface area (Å²) < 4.78 is 5.45. The molecule has 0 radical (unpaired) electrons. The summed E-state index contributed by atoms with van der Waals surface area (Å²) in [6.07, 6.45) is 3.77. The molecule has 0 aromatic heterocycles. The molecule has 1 aliphatic rings. The van der Waals surface area contributed by atoms with E-state index < -0.39 is 0 Å². The fraction of sp³-hybridized carbons (Fsp3) is 0.625. The zero-order valence-corrected chi connectivity index (χ0v) is 13.2. The van der Waals surface area contributed by atoms with Gasteiger partial charge < -0.3 is 10.5 Å². The molecule has 2 atom stereocenters. The zero-order chi connectivity index (χ0) is 14.5. The van der Waals surface area contributed by atoms with Gasteiger partial charge in [0.15, 0.2) is 0 Å². The van der Waals surface area contributed by atoms with E-state index in [4.69, 9.17) is 22.1 Å². The molecule has 0 bridgehead atoms. The van der Waals surface area contributed by atoms with Crippen molar-refractivity contribution in [3.63, 3.8) is 0 Å². The largest absolute Gasteiger partial charge is 0.496 e. The van der Waals surface area contributed by atoms with Gasteiger partial charge in [0, 0.05) is 23.2 Å². The van der Waals surface area contributed by atoms with Crippen molar-refractivity contribution in [3.05, 3.63) is 28.8 Å². The van der Waals surface area contributed by atoms with Gasteiger partial charge in [-0.3, -0.25) is 4.90 Å². The van der Waals surface area contributed by atoms with E-state index in [9.17, 15) is 0 Å². The van der Waals surface area contributed by atoms with Crippen LogP contribution in [0.3, 0.4) is 0 Å². The molecule has 2 N–H and O–H groups in total. The molecule has 1 aliphatic carbocycles. The second-order valence-corrected chi connectivity index (χ2v) is 5.88. The van der Waals surface area contributed by atoms with Crippen molar-refractivity contribution in [1.29, 1.82) is 0 Å². The molecule has 2 unspecified atom stereocenters. The fourth-order valence-corrected chi connectivity index (χ4v) is 3.55. The Labute approximate surface area is 127 Å². The second-order valence-electron chi connectivity index (χ2n) is 5.48. The summed E-state index contributed by atoms with van der Waals surface area (Å²) in [6, 6.07) is 6.41. The topological polar surface area (TPSA) is 38.5 Å². The van der Waals surface area contributed by atoms with Gasteiger partial charge in [-0.25, -0.2) is 0 Å². The molecule has 2 rings (SSSR count). The second kappa shape index (κ2) is 7.30. The number of halogens is 1. The Balaban J connectivity index is 2.18. The van der Waals surface area contributed by atoms with Crippen molar-refractivity contribution >= 4 is 11.6 Å². The Morgan fingerprint density at radius 1 is 1.40 bits per heavy atom.